The van der Waals surface area contributed by atoms with Crippen molar-refractivity contribution in [2.45, 2.75) is 13.0 Å². The van der Waals surface area contributed by atoms with Crippen LogP contribution in [0.2, 0.25) is 0 Å². The maximum Gasteiger partial charge on any atom is 0.310 e. The lowest BCUT2D eigenvalue weighted by Crippen LogP contribution is -2.08. The second-order valence-corrected chi connectivity index (χ2v) is 4.87. The zero-order valence-corrected chi connectivity index (χ0v) is 11.8. The quantitative estimate of drug-likeness (QED) is 0.526. The van der Waals surface area contributed by atoms with Crippen molar-refractivity contribution in [3.05, 3.63) is 62.9 Å². The van der Waals surface area contributed by atoms with Crippen molar-refractivity contribution in [3.63, 3.8) is 0 Å². The molecule has 1 atom stereocenters. The molecule has 0 aliphatic carbocycles. The van der Waals surface area contributed by atoms with E-state index < -0.39 is 4.92 Å². The third kappa shape index (κ3) is 3.29. The molecule has 0 aliphatic heterocycles. The van der Waals surface area contributed by atoms with Crippen LogP contribution in [-0.2, 0) is 0 Å². The fourth-order valence-electron chi connectivity index (χ4n) is 1.74. The third-order valence-electron chi connectivity index (χ3n) is 2.72. The van der Waals surface area contributed by atoms with Gasteiger partial charge in [-0.25, -0.2) is 4.98 Å². The fourth-order valence-corrected chi connectivity index (χ4v) is 2.07. The number of pyridine rings is 1. The van der Waals surface area contributed by atoms with Gasteiger partial charge in [0.2, 0.25) is 0 Å². The zero-order valence-electron chi connectivity index (χ0n) is 10.2. The molecule has 0 amide bonds. The van der Waals surface area contributed by atoms with Gasteiger partial charge >= 0.3 is 5.69 Å². The topological polar surface area (TPSA) is 68.1 Å². The summed E-state index contributed by atoms with van der Waals surface area (Å²) >= 11 is 3.22. The van der Waals surface area contributed by atoms with E-state index in [2.05, 4.69) is 26.2 Å². The standard InChI is InChI=1S/C13H12BrN3O2/c1-9(10-5-3-2-4-6-10)16-11-7-13(14)15-8-12(11)17(18)19/h2-9H,1H3,(H,15,16)/t9-/m1/s1. The molecule has 2 aromatic rings. The smallest absolute Gasteiger partial charge is 0.310 e. The monoisotopic (exact) mass is 321 g/mol. The highest BCUT2D eigenvalue weighted by molar-refractivity contribution is 9.10. The first-order chi connectivity index (χ1) is 9.08. The summed E-state index contributed by atoms with van der Waals surface area (Å²) in [6.07, 6.45) is 1.24. The molecule has 6 heteroatoms. The van der Waals surface area contributed by atoms with E-state index in [1.807, 2.05) is 37.3 Å². The first-order valence-corrected chi connectivity index (χ1v) is 6.48. The fraction of sp³-hybridized carbons (Fsp3) is 0.154. The second kappa shape index (κ2) is 5.79. The second-order valence-electron chi connectivity index (χ2n) is 4.06. The van der Waals surface area contributed by atoms with Gasteiger partial charge in [0.25, 0.3) is 0 Å². The maximum atomic E-state index is 11.0. The van der Waals surface area contributed by atoms with Gasteiger partial charge in [-0.1, -0.05) is 30.3 Å². The number of nitro groups is 1. The van der Waals surface area contributed by atoms with E-state index >= 15 is 0 Å². The summed E-state index contributed by atoms with van der Waals surface area (Å²) in [6, 6.07) is 11.3. The van der Waals surface area contributed by atoms with Gasteiger partial charge < -0.3 is 5.32 Å². The third-order valence-corrected chi connectivity index (χ3v) is 3.15. The molecular weight excluding hydrogens is 310 g/mol. The van der Waals surface area contributed by atoms with Crippen LogP contribution in [0.4, 0.5) is 11.4 Å². The van der Waals surface area contributed by atoms with E-state index in [-0.39, 0.29) is 11.7 Å². The number of hydrogen-bond donors (Lipinski definition) is 1. The molecule has 0 aliphatic rings. The van der Waals surface area contributed by atoms with Crippen molar-refractivity contribution in [1.82, 2.24) is 4.98 Å². The van der Waals surface area contributed by atoms with E-state index in [0.29, 0.717) is 10.3 Å². The number of rotatable bonds is 4. The van der Waals surface area contributed by atoms with Gasteiger partial charge in [-0.2, -0.15) is 0 Å². The van der Waals surface area contributed by atoms with Gasteiger partial charge in [0, 0.05) is 12.1 Å². The molecule has 2 rings (SSSR count). The minimum atomic E-state index is -0.445. The van der Waals surface area contributed by atoms with Crippen LogP contribution in [0.1, 0.15) is 18.5 Å². The molecule has 1 aromatic carbocycles. The minimum absolute atomic E-state index is 0.0331. The van der Waals surface area contributed by atoms with E-state index in [0.717, 1.165) is 5.56 Å². The Labute approximate surface area is 119 Å². The average Bonchev–Trinajstić information content (AvgIpc) is 2.39. The van der Waals surface area contributed by atoms with Gasteiger partial charge in [-0.05, 0) is 28.4 Å². The lowest BCUT2D eigenvalue weighted by molar-refractivity contribution is -0.384. The number of nitrogens with one attached hydrogen (secondary N) is 1. The molecule has 19 heavy (non-hydrogen) atoms. The number of nitrogens with zero attached hydrogens (tertiary/aromatic N) is 2. The van der Waals surface area contributed by atoms with Crippen LogP contribution in [-0.4, -0.2) is 9.91 Å². The average molecular weight is 322 g/mol. The van der Waals surface area contributed by atoms with Crippen LogP contribution in [0.25, 0.3) is 0 Å². The number of hydrogen-bond acceptors (Lipinski definition) is 4. The Bertz CT molecular complexity index is 590. The summed E-state index contributed by atoms with van der Waals surface area (Å²) in [6.45, 7) is 1.95. The summed E-state index contributed by atoms with van der Waals surface area (Å²) in [5.41, 5.74) is 1.47. The van der Waals surface area contributed by atoms with Crippen molar-refractivity contribution in [3.8, 4) is 0 Å². The molecule has 5 nitrogen and oxygen atoms in total. The summed E-state index contributed by atoms with van der Waals surface area (Å²) in [5, 5.41) is 14.1. The normalized spacial score (nSPS) is 11.9. The first kappa shape index (κ1) is 13.5. The van der Waals surface area contributed by atoms with Gasteiger partial charge in [0.15, 0.2) is 0 Å². The van der Waals surface area contributed by atoms with E-state index in [4.69, 9.17) is 0 Å². The Morgan fingerprint density at radius 1 is 1.37 bits per heavy atom. The first-order valence-electron chi connectivity index (χ1n) is 5.69. The van der Waals surface area contributed by atoms with Gasteiger partial charge in [0.1, 0.15) is 16.5 Å². The number of aromatic nitrogens is 1. The van der Waals surface area contributed by atoms with E-state index in [9.17, 15) is 10.1 Å². The predicted molar refractivity (Wildman–Crippen MR) is 77.1 cm³/mol. The summed E-state index contributed by atoms with van der Waals surface area (Å²) in [5.74, 6) is 0. The van der Waals surface area contributed by atoms with Gasteiger partial charge in [0.05, 0.1) is 4.92 Å². The van der Waals surface area contributed by atoms with E-state index in [1.165, 1.54) is 6.20 Å². The van der Waals surface area contributed by atoms with Crippen molar-refractivity contribution in [1.29, 1.82) is 0 Å². The van der Waals surface area contributed by atoms with Crippen molar-refractivity contribution in [2.24, 2.45) is 0 Å². The lowest BCUT2D eigenvalue weighted by Gasteiger charge is -2.15. The molecule has 0 fully saturated rings. The summed E-state index contributed by atoms with van der Waals surface area (Å²) in [4.78, 5) is 14.4. The van der Waals surface area contributed by atoms with Crippen LogP contribution in [0.5, 0.6) is 0 Å². The SMILES string of the molecule is C[C@@H](Nc1cc(Br)ncc1[N+](=O)[O-])c1ccccc1. The molecule has 0 saturated carbocycles. The Morgan fingerprint density at radius 2 is 2.05 bits per heavy atom. The van der Waals surface area contributed by atoms with E-state index in [1.54, 1.807) is 6.07 Å². The van der Waals surface area contributed by atoms with Gasteiger partial charge in [-0.3, -0.25) is 10.1 Å². The summed E-state index contributed by atoms with van der Waals surface area (Å²) < 4.78 is 0.556. The van der Waals surface area contributed by atoms with Crippen LogP contribution in [0, 0.1) is 10.1 Å². The number of anilines is 1. The molecule has 1 N–H and O–H groups in total. The Kier molecular flexibility index (Phi) is 4.11. The largest absolute Gasteiger partial charge is 0.373 e. The highest BCUT2D eigenvalue weighted by Gasteiger charge is 2.17. The molecule has 98 valence electrons. The van der Waals surface area contributed by atoms with Crippen molar-refractivity contribution in [2.75, 3.05) is 5.32 Å². The molecule has 1 heterocycles. The maximum absolute atomic E-state index is 11.0. The minimum Gasteiger partial charge on any atom is -0.373 e. The van der Waals surface area contributed by atoms with Crippen LogP contribution >= 0.6 is 15.9 Å². The molecule has 0 saturated heterocycles. The zero-order chi connectivity index (χ0) is 13.8. The molecular formula is C13H12BrN3O2. The summed E-state index contributed by atoms with van der Waals surface area (Å²) in [7, 11) is 0. The highest BCUT2D eigenvalue weighted by Crippen LogP contribution is 2.29. The molecule has 0 radical (unpaired) electrons. The van der Waals surface area contributed by atoms with Crippen molar-refractivity contribution < 1.29 is 4.92 Å². The molecule has 1 aromatic heterocycles. The Balaban J connectivity index is 2.28. The number of halogens is 1. The lowest BCUT2D eigenvalue weighted by atomic mass is 10.1. The van der Waals surface area contributed by atoms with Crippen LogP contribution in [0.3, 0.4) is 0 Å². The molecule has 0 spiro atoms. The Morgan fingerprint density at radius 3 is 2.68 bits per heavy atom. The highest BCUT2D eigenvalue weighted by atomic mass is 79.9. The predicted octanol–water partition coefficient (Wildman–Crippen LogP) is 3.93. The molecule has 0 unspecified atom stereocenters. The Hall–Kier alpha value is -1.95. The van der Waals surface area contributed by atoms with Crippen molar-refractivity contribution >= 4 is 27.3 Å². The number of benzene rings is 1. The van der Waals surface area contributed by atoms with Crippen LogP contribution < -0.4 is 5.32 Å². The van der Waals surface area contributed by atoms with Crippen LogP contribution in [0.15, 0.2) is 47.2 Å². The van der Waals surface area contributed by atoms with Gasteiger partial charge in [-0.15, -0.1) is 0 Å². The molecule has 0 bridgehead atoms.